The number of allylic oxidation sites excluding steroid dienone is 17. The lowest BCUT2D eigenvalue weighted by Gasteiger charge is -2.46. The first-order chi connectivity index (χ1) is 45.1. The Labute approximate surface area is 559 Å². The minimum atomic E-state index is -1.80. The van der Waals surface area contributed by atoms with Crippen LogP contribution in [0, 0.1) is 0 Å². The lowest BCUT2D eigenvalue weighted by atomic mass is 9.97. The number of aliphatic hydroxyl groups is 8. The van der Waals surface area contributed by atoms with E-state index in [0.717, 1.165) is 83.5 Å². The van der Waals surface area contributed by atoms with Gasteiger partial charge in [-0.15, -0.1) is 0 Å². The first-order valence-electron chi connectivity index (χ1n) is 37.1. The van der Waals surface area contributed by atoms with Crippen LogP contribution in [0.4, 0.5) is 0 Å². The summed E-state index contributed by atoms with van der Waals surface area (Å²) in [6, 6.07) is -0.942. The normalized spacial score (nSPS) is 23.3. The second kappa shape index (κ2) is 61.3. The predicted octanol–water partition coefficient (Wildman–Crippen LogP) is 15.9. The molecule has 0 aromatic rings. The molecule has 1 amide bonds. The third kappa shape index (κ3) is 44.4. The quantitative estimate of drug-likeness (QED) is 0.0204. The number of rotatable bonds is 60. The molecule has 0 saturated carbocycles. The zero-order chi connectivity index (χ0) is 66.6. The van der Waals surface area contributed by atoms with Crippen molar-refractivity contribution in [1.29, 1.82) is 0 Å². The highest BCUT2D eigenvalue weighted by Gasteiger charge is 2.51. The molecule has 0 bridgehead atoms. The summed E-state index contributed by atoms with van der Waals surface area (Å²) in [6.07, 6.45) is 71.7. The van der Waals surface area contributed by atoms with Gasteiger partial charge >= 0.3 is 0 Å². The van der Waals surface area contributed by atoms with Gasteiger partial charge in [-0.2, -0.15) is 0 Å². The minimum Gasteiger partial charge on any atom is -0.394 e. The standard InChI is InChI=1S/C78H135NO13/c1-3-5-7-9-11-13-15-17-19-21-22-23-24-25-26-27-28-29-30-31-32-33-34-35-36-37-38-39-40-41-42-43-44-46-48-50-52-54-56-58-60-62-70(83)79-66(67(82)61-59-57-55-53-51-49-47-45-20-18-16-14-12-10-8-6-4-2)65-89-77-75(88)73(86)76(69(64-81)91-77)92-78-74(87)72(85)71(84)68(63-80)90-78/h5,7,11,13,17,19-20,22-23,25-26,28-29,45,51,53,59,61,66-69,71-78,80-82,84-88H,3-4,6,8-10,12,14-16,18,21,24,27,30-44,46-50,52,54-58,60,62-65H2,1-2H3,(H,79,83)/b7-5-,13-11-,19-17-,23-22-,26-25-,29-28-,45-20+,53-51+,61-59+. The molecule has 0 aromatic heterocycles. The Morgan fingerprint density at radius 2 is 0.761 bits per heavy atom. The van der Waals surface area contributed by atoms with Gasteiger partial charge in [0.25, 0.3) is 0 Å². The van der Waals surface area contributed by atoms with Gasteiger partial charge in [-0.25, -0.2) is 0 Å². The van der Waals surface area contributed by atoms with E-state index in [4.69, 9.17) is 18.9 Å². The second-order valence-corrected chi connectivity index (χ2v) is 25.7. The fourth-order valence-electron chi connectivity index (χ4n) is 11.6. The van der Waals surface area contributed by atoms with E-state index in [9.17, 15) is 45.6 Å². The number of aliphatic hydroxyl groups excluding tert-OH is 8. The Morgan fingerprint density at radius 3 is 1.20 bits per heavy atom. The van der Waals surface area contributed by atoms with Crippen LogP contribution in [0.3, 0.4) is 0 Å². The van der Waals surface area contributed by atoms with Gasteiger partial charge in [-0.05, 0) is 96.3 Å². The van der Waals surface area contributed by atoms with E-state index in [0.29, 0.717) is 12.8 Å². The van der Waals surface area contributed by atoms with E-state index in [-0.39, 0.29) is 18.9 Å². The average Bonchev–Trinajstić information content (AvgIpc) is 0.856. The molecule has 12 unspecified atom stereocenters. The van der Waals surface area contributed by atoms with Gasteiger partial charge in [0.15, 0.2) is 12.6 Å². The topological polar surface area (TPSA) is 228 Å². The summed E-state index contributed by atoms with van der Waals surface area (Å²) in [5.74, 6) is -0.252. The third-order valence-corrected chi connectivity index (χ3v) is 17.4. The van der Waals surface area contributed by atoms with Gasteiger partial charge in [0.1, 0.15) is 48.8 Å². The molecule has 2 heterocycles. The molecule has 2 fully saturated rings. The van der Waals surface area contributed by atoms with Gasteiger partial charge in [-0.1, -0.05) is 290 Å². The van der Waals surface area contributed by atoms with E-state index in [1.54, 1.807) is 6.08 Å². The number of amides is 1. The van der Waals surface area contributed by atoms with Crippen LogP contribution in [0.1, 0.15) is 284 Å². The van der Waals surface area contributed by atoms with Gasteiger partial charge in [0.05, 0.1) is 32.0 Å². The summed E-state index contributed by atoms with van der Waals surface area (Å²) >= 11 is 0. The van der Waals surface area contributed by atoms with Crippen molar-refractivity contribution in [3.8, 4) is 0 Å². The molecular formula is C78H135NO13. The summed E-state index contributed by atoms with van der Waals surface area (Å²) < 4.78 is 22.8. The van der Waals surface area contributed by atoms with E-state index in [1.165, 1.54) is 167 Å². The summed E-state index contributed by atoms with van der Waals surface area (Å²) in [6.45, 7) is 2.66. The van der Waals surface area contributed by atoms with Crippen LogP contribution < -0.4 is 5.32 Å². The molecule has 0 aliphatic carbocycles. The summed E-state index contributed by atoms with van der Waals surface area (Å²) in [5.41, 5.74) is 0. The van der Waals surface area contributed by atoms with Gasteiger partial charge in [-0.3, -0.25) is 4.79 Å². The SMILES string of the molecule is CC/C=C\C/C=C\C/C=C\C/C=C\C/C=C\C/C=C\CCCCCCCCCCCCCCCCCCCCCCCCC(=O)NC(COC1OC(CO)C(OC2OC(CO)C(O)C(O)C2O)C(O)C1O)C(O)/C=C/CC/C=C/CC/C=C/CCCCCCCCC. The zero-order valence-corrected chi connectivity index (χ0v) is 57.8. The molecule has 530 valence electrons. The Morgan fingerprint density at radius 1 is 0.402 bits per heavy atom. The maximum Gasteiger partial charge on any atom is 0.220 e. The summed E-state index contributed by atoms with van der Waals surface area (Å²) in [4.78, 5) is 13.3. The minimum absolute atomic E-state index is 0.252. The van der Waals surface area contributed by atoms with E-state index < -0.39 is 86.8 Å². The molecule has 2 saturated heterocycles. The number of carbonyl (C=O) groups is 1. The summed E-state index contributed by atoms with van der Waals surface area (Å²) in [5, 5.41) is 87.4. The van der Waals surface area contributed by atoms with Gasteiger partial charge in [0.2, 0.25) is 5.91 Å². The Bertz CT molecular complexity index is 1960. The highest BCUT2D eigenvalue weighted by Crippen LogP contribution is 2.30. The number of nitrogens with one attached hydrogen (secondary N) is 1. The Kier molecular flexibility index (Phi) is 56.4. The molecule has 12 atom stereocenters. The smallest absolute Gasteiger partial charge is 0.220 e. The first kappa shape index (κ1) is 84.7. The third-order valence-electron chi connectivity index (χ3n) is 17.4. The lowest BCUT2D eigenvalue weighted by Crippen LogP contribution is -2.65. The molecule has 0 spiro atoms. The van der Waals surface area contributed by atoms with Crippen molar-refractivity contribution in [2.75, 3.05) is 19.8 Å². The molecule has 14 heteroatoms. The van der Waals surface area contributed by atoms with E-state index >= 15 is 0 Å². The fourth-order valence-corrected chi connectivity index (χ4v) is 11.6. The van der Waals surface area contributed by atoms with Crippen LogP contribution in [-0.2, 0) is 23.7 Å². The number of hydrogen-bond acceptors (Lipinski definition) is 13. The van der Waals surface area contributed by atoms with Crippen molar-refractivity contribution in [2.24, 2.45) is 0 Å². The summed E-state index contributed by atoms with van der Waals surface area (Å²) in [7, 11) is 0. The highest BCUT2D eigenvalue weighted by atomic mass is 16.7. The zero-order valence-electron chi connectivity index (χ0n) is 57.8. The van der Waals surface area contributed by atoms with Crippen LogP contribution in [0.25, 0.3) is 0 Å². The van der Waals surface area contributed by atoms with Crippen molar-refractivity contribution in [3.63, 3.8) is 0 Å². The molecule has 9 N–H and O–H groups in total. The Hall–Kier alpha value is -3.35. The average molecular weight is 1290 g/mol. The maximum atomic E-state index is 13.3. The van der Waals surface area contributed by atoms with Crippen molar-refractivity contribution < 1.29 is 64.6 Å². The van der Waals surface area contributed by atoms with Crippen LogP contribution in [-0.4, -0.2) is 140 Å². The number of hydrogen-bond donors (Lipinski definition) is 9. The monoisotopic (exact) mass is 1290 g/mol. The van der Waals surface area contributed by atoms with Crippen LogP contribution in [0.2, 0.25) is 0 Å². The Balaban J connectivity index is 1.58. The van der Waals surface area contributed by atoms with Crippen molar-refractivity contribution in [1.82, 2.24) is 5.32 Å². The predicted molar refractivity (Wildman–Crippen MR) is 378 cm³/mol. The fraction of sp³-hybridized carbons (Fsp3) is 0.756. The van der Waals surface area contributed by atoms with Crippen LogP contribution in [0.15, 0.2) is 109 Å². The first-order valence-corrected chi connectivity index (χ1v) is 37.1. The van der Waals surface area contributed by atoms with Gasteiger partial charge in [0, 0.05) is 6.42 Å². The van der Waals surface area contributed by atoms with E-state index in [2.05, 4.69) is 116 Å². The highest BCUT2D eigenvalue weighted by molar-refractivity contribution is 5.76. The van der Waals surface area contributed by atoms with Crippen molar-refractivity contribution in [2.45, 2.75) is 357 Å². The molecule has 2 rings (SSSR count). The number of unbranched alkanes of at least 4 members (excludes halogenated alkanes) is 31. The molecule has 0 aromatic carbocycles. The molecular weight excluding hydrogens is 1160 g/mol. The molecule has 0 radical (unpaired) electrons. The van der Waals surface area contributed by atoms with Crippen LogP contribution in [0.5, 0.6) is 0 Å². The molecule has 92 heavy (non-hydrogen) atoms. The van der Waals surface area contributed by atoms with Gasteiger partial charge < -0.3 is 65.1 Å². The molecule has 2 aliphatic heterocycles. The van der Waals surface area contributed by atoms with E-state index in [1.807, 2.05) is 6.08 Å². The second-order valence-electron chi connectivity index (χ2n) is 25.7. The number of ether oxygens (including phenoxy) is 4. The molecule has 2 aliphatic rings. The maximum absolute atomic E-state index is 13.3. The number of carbonyl (C=O) groups excluding carboxylic acids is 1. The lowest BCUT2D eigenvalue weighted by molar-refractivity contribution is -0.359. The molecule has 14 nitrogen and oxygen atoms in total. The van der Waals surface area contributed by atoms with Crippen molar-refractivity contribution >= 4 is 5.91 Å². The largest absolute Gasteiger partial charge is 0.394 e. The van der Waals surface area contributed by atoms with Crippen molar-refractivity contribution in [3.05, 3.63) is 109 Å². The van der Waals surface area contributed by atoms with Crippen LogP contribution >= 0.6 is 0 Å².